The maximum atomic E-state index is 13.0. The number of amides is 1. The number of hydrogen-bond acceptors (Lipinski definition) is 3. The number of halogens is 2. The van der Waals surface area contributed by atoms with Gasteiger partial charge in [-0.05, 0) is 46.5 Å². The second-order valence-electron chi connectivity index (χ2n) is 8.16. The fraction of sp³-hybridized carbons (Fsp3) is 0.138. The van der Waals surface area contributed by atoms with Crippen molar-refractivity contribution >= 4 is 46.6 Å². The van der Waals surface area contributed by atoms with Gasteiger partial charge in [0.1, 0.15) is 0 Å². The first-order valence-corrected chi connectivity index (χ1v) is 13.1. The third-order valence-electron chi connectivity index (χ3n) is 5.81. The van der Waals surface area contributed by atoms with Crippen LogP contribution in [0.25, 0.3) is 0 Å². The van der Waals surface area contributed by atoms with Crippen molar-refractivity contribution in [1.82, 2.24) is 5.32 Å². The summed E-state index contributed by atoms with van der Waals surface area (Å²) < 4.78 is 0. The first-order chi connectivity index (χ1) is 17.0. The summed E-state index contributed by atoms with van der Waals surface area (Å²) in [5, 5.41) is 4.11. The summed E-state index contributed by atoms with van der Waals surface area (Å²) in [4.78, 5) is 13.0. The molecule has 178 valence electrons. The Morgan fingerprint density at radius 3 is 2.03 bits per heavy atom. The lowest BCUT2D eigenvalue weighted by Crippen LogP contribution is -2.30. The van der Waals surface area contributed by atoms with Crippen molar-refractivity contribution in [3.8, 4) is 0 Å². The Morgan fingerprint density at radius 2 is 1.40 bits per heavy atom. The largest absolute Gasteiger partial charge is 0.398 e. The summed E-state index contributed by atoms with van der Waals surface area (Å²) >= 11 is 14.3. The smallest absolute Gasteiger partial charge is 0.230 e. The Morgan fingerprint density at radius 1 is 0.800 bits per heavy atom. The van der Waals surface area contributed by atoms with E-state index in [0.29, 0.717) is 22.3 Å². The second-order valence-corrected chi connectivity index (χ2v) is 10.1. The number of rotatable bonds is 9. The molecule has 3 N–H and O–H groups in total. The van der Waals surface area contributed by atoms with E-state index in [1.54, 1.807) is 12.1 Å². The van der Waals surface area contributed by atoms with E-state index >= 15 is 0 Å². The molecule has 4 aromatic carbocycles. The van der Waals surface area contributed by atoms with Crippen molar-refractivity contribution in [2.75, 3.05) is 18.0 Å². The Hall–Kier alpha value is -2.92. The maximum absolute atomic E-state index is 13.0. The molecule has 0 aliphatic carbocycles. The topological polar surface area (TPSA) is 55.1 Å². The van der Waals surface area contributed by atoms with Crippen LogP contribution >= 0.6 is 35.0 Å². The molecular weight excluding hydrogens is 495 g/mol. The van der Waals surface area contributed by atoms with Gasteiger partial charge in [0, 0.05) is 28.2 Å². The molecule has 1 atom stereocenters. The number of carbonyl (C=O) groups is 1. The van der Waals surface area contributed by atoms with Crippen LogP contribution in [0.3, 0.4) is 0 Å². The molecule has 3 nitrogen and oxygen atoms in total. The van der Waals surface area contributed by atoms with Crippen LogP contribution < -0.4 is 11.1 Å². The van der Waals surface area contributed by atoms with Crippen molar-refractivity contribution in [2.24, 2.45) is 0 Å². The van der Waals surface area contributed by atoms with Crippen LogP contribution in [0.5, 0.6) is 0 Å². The molecule has 0 saturated heterocycles. The quantitative estimate of drug-likeness (QED) is 0.227. The van der Waals surface area contributed by atoms with Gasteiger partial charge in [-0.25, -0.2) is 0 Å². The lowest BCUT2D eigenvalue weighted by molar-refractivity contribution is -0.118. The van der Waals surface area contributed by atoms with Gasteiger partial charge in [0.05, 0.1) is 11.0 Å². The average Bonchev–Trinajstić information content (AvgIpc) is 2.88. The Kier molecular flexibility index (Phi) is 8.75. The van der Waals surface area contributed by atoms with Crippen LogP contribution in [0.1, 0.15) is 33.4 Å². The van der Waals surface area contributed by atoms with Gasteiger partial charge >= 0.3 is 0 Å². The van der Waals surface area contributed by atoms with Gasteiger partial charge in [-0.1, -0.05) is 102 Å². The van der Waals surface area contributed by atoms with Gasteiger partial charge < -0.3 is 11.1 Å². The molecular formula is C29H26Cl2N2OS. The predicted octanol–water partition coefficient (Wildman–Crippen LogP) is 7.35. The molecule has 0 saturated carbocycles. The van der Waals surface area contributed by atoms with Crippen LogP contribution in [0.4, 0.5) is 5.69 Å². The maximum Gasteiger partial charge on any atom is 0.230 e. The molecule has 35 heavy (non-hydrogen) atoms. The Bertz CT molecular complexity index is 1230. The number of nitrogen functional groups attached to an aromatic ring is 1. The fourth-order valence-corrected chi connectivity index (χ4v) is 5.71. The molecule has 0 fully saturated rings. The number of hydrogen-bond donors (Lipinski definition) is 2. The number of benzene rings is 4. The highest BCUT2D eigenvalue weighted by Gasteiger charge is 2.22. The molecule has 0 aliphatic rings. The minimum absolute atomic E-state index is 0.0514. The average molecular weight is 522 g/mol. The lowest BCUT2D eigenvalue weighted by atomic mass is 9.91. The van der Waals surface area contributed by atoms with Crippen LogP contribution in [0.2, 0.25) is 10.0 Å². The molecule has 0 aromatic heterocycles. The van der Waals surface area contributed by atoms with Crippen molar-refractivity contribution < 1.29 is 4.79 Å². The highest BCUT2D eigenvalue weighted by molar-refractivity contribution is 8.00. The van der Waals surface area contributed by atoms with Gasteiger partial charge in [-0.2, -0.15) is 0 Å². The minimum atomic E-state index is -0.229. The molecule has 1 amide bonds. The molecule has 6 heteroatoms. The molecule has 0 aliphatic heterocycles. The molecule has 1 unspecified atom stereocenters. The molecule has 0 heterocycles. The van der Waals surface area contributed by atoms with E-state index in [1.165, 1.54) is 11.8 Å². The van der Waals surface area contributed by atoms with E-state index in [2.05, 4.69) is 29.6 Å². The normalized spacial score (nSPS) is 11.9. The first kappa shape index (κ1) is 25.2. The zero-order chi connectivity index (χ0) is 24.6. The van der Waals surface area contributed by atoms with Gasteiger partial charge in [-0.3, -0.25) is 4.79 Å². The molecule has 0 spiro atoms. The van der Waals surface area contributed by atoms with Crippen molar-refractivity contribution in [2.45, 2.75) is 11.2 Å². The minimum Gasteiger partial charge on any atom is -0.398 e. The fourth-order valence-electron chi connectivity index (χ4n) is 4.03. The number of thioether (sulfide) groups is 1. The summed E-state index contributed by atoms with van der Waals surface area (Å²) in [6.45, 7) is 0.503. The van der Waals surface area contributed by atoms with Gasteiger partial charge in [0.15, 0.2) is 0 Å². The van der Waals surface area contributed by atoms with Crippen LogP contribution in [0, 0.1) is 0 Å². The Balaban J connectivity index is 1.50. The molecule has 0 bridgehead atoms. The zero-order valence-corrected chi connectivity index (χ0v) is 21.4. The summed E-state index contributed by atoms with van der Waals surface area (Å²) in [5.74, 6) is 0.261. The first-order valence-electron chi connectivity index (χ1n) is 11.3. The highest BCUT2D eigenvalue weighted by Crippen LogP contribution is 2.42. The predicted molar refractivity (Wildman–Crippen MR) is 149 cm³/mol. The zero-order valence-electron chi connectivity index (χ0n) is 19.0. The van der Waals surface area contributed by atoms with E-state index in [4.69, 9.17) is 28.9 Å². The monoisotopic (exact) mass is 520 g/mol. The van der Waals surface area contributed by atoms with E-state index in [1.807, 2.05) is 66.7 Å². The number of anilines is 1. The van der Waals surface area contributed by atoms with E-state index < -0.39 is 0 Å². The van der Waals surface area contributed by atoms with E-state index in [9.17, 15) is 4.79 Å². The van der Waals surface area contributed by atoms with Crippen LogP contribution in [-0.4, -0.2) is 18.2 Å². The number of carbonyl (C=O) groups excluding carboxylic acids is 1. The standard InChI is InChI=1S/C29H26Cl2N2OS/c30-22-15-16-27(32)24(17-22)29(23-13-7-8-14-26(23)31)35-19-28(34)33-18-25(20-9-3-1-4-10-20)21-11-5-2-6-12-21/h1-17,25,29H,18-19,32H2,(H,33,34). The number of nitrogens with one attached hydrogen (secondary N) is 1. The molecule has 0 radical (unpaired) electrons. The van der Waals surface area contributed by atoms with Gasteiger partial charge in [0.2, 0.25) is 5.91 Å². The van der Waals surface area contributed by atoms with E-state index in [0.717, 1.165) is 22.3 Å². The number of nitrogens with two attached hydrogens (primary N) is 1. The van der Waals surface area contributed by atoms with Crippen molar-refractivity contribution in [1.29, 1.82) is 0 Å². The third-order valence-corrected chi connectivity index (χ3v) is 7.66. The summed E-state index contributed by atoms with van der Waals surface area (Å²) in [6.07, 6.45) is 0. The summed E-state index contributed by atoms with van der Waals surface area (Å²) in [5.41, 5.74) is 11.0. The van der Waals surface area contributed by atoms with Crippen molar-refractivity contribution in [3.63, 3.8) is 0 Å². The molecule has 4 rings (SSSR count). The third kappa shape index (κ3) is 6.61. The highest BCUT2D eigenvalue weighted by atomic mass is 35.5. The second kappa shape index (κ2) is 12.2. The van der Waals surface area contributed by atoms with Gasteiger partial charge in [0.25, 0.3) is 0 Å². The van der Waals surface area contributed by atoms with Crippen LogP contribution in [0.15, 0.2) is 103 Å². The summed E-state index contributed by atoms with van der Waals surface area (Å²) in [6, 6.07) is 33.4. The Labute approximate surface area is 220 Å². The molecule has 4 aromatic rings. The van der Waals surface area contributed by atoms with Crippen LogP contribution in [-0.2, 0) is 4.79 Å². The van der Waals surface area contributed by atoms with Crippen molar-refractivity contribution in [3.05, 3.63) is 135 Å². The lowest BCUT2D eigenvalue weighted by Gasteiger charge is -2.22. The van der Waals surface area contributed by atoms with Gasteiger partial charge in [-0.15, -0.1) is 11.8 Å². The SMILES string of the molecule is Nc1ccc(Cl)cc1C(SCC(=O)NCC(c1ccccc1)c1ccccc1)c1ccccc1Cl. The summed E-state index contributed by atoms with van der Waals surface area (Å²) in [7, 11) is 0. The van der Waals surface area contributed by atoms with E-state index in [-0.39, 0.29) is 22.8 Å².